The van der Waals surface area contributed by atoms with Crippen LogP contribution in [0.1, 0.15) is 39.0 Å². The van der Waals surface area contributed by atoms with Gasteiger partial charge in [0.25, 0.3) is 0 Å². The molecule has 0 spiro atoms. The van der Waals surface area contributed by atoms with Crippen molar-refractivity contribution in [2.75, 3.05) is 11.9 Å². The van der Waals surface area contributed by atoms with Crippen LogP contribution in [-0.2, 0) is 9.59 Å². The molecule has 2 N–H and O–H groups in total. The molecule has 1 aromatic rings. The van der Waals surface area contributed by atoms with Gasteiger partial charge in [0.2, 0.25) is 5.91 Å². The molecule has 0 unspecified atom stereocenters. The monoisotopic (exact) mass is 291 g/mol. The van der Waals surface area contributed by atoms with Gasteiger partial charge in [0.15, 0.2) is 0 Å². The number of carbonyl (C=O) groups is 2. The molecule has 1 aliphatic carbocycles. The summed E-state index contributed by atoms with van der Waals surface area (Å²) < 4.78 is 5.45. The molecule has 0 heterocycles. The second-order valence-electron chi connectivity index (χ2n) is 5.45. The highest BCUT2D eigenvalue weighted by molar-refractivity contribution is 5.95. The number of amides is 1. The number of aliphatic carboxylic acids is 1. The van der Waals surface area contributed by atoms with Crippen LogP contribution in [0.25, 0.3) is 0 Å². The highest BCUT2D eigenvalue weighted by Gasteiger charge is 2.43. The van der Waals surface area contributed by atoms with E-state index < -0.39 is 11.4 Å². The quantitative estimate of drug-likeness (QED) is 0.844. The number of benzene rings is 1. The van der Waals surface area contributed by atoms with Gasteiger partial charge in [-0.1, -0.05) is 25.0 Å². The molecular weight excluding hydrogens is 270 g/mol. The smallest absolute Gasteiger partial charge is 0.310 e. The van der Waals surface area contributed by atoms with Gasteiger partial charge in [0, 0.05) is 6.42 Å². The third-order valence-corrected chi connectivity index (χ3v) is 3.97. The van der Waals surface area contributed by atoms with E-state index >= 15 is 0 Å². The maximum Gasteiger partial charge on any atom is 0.310 e. The first-order valence-corrected chi connectivity index (χ1v) is 7.32. The van der Waals surface area contributed by atoms with Gasteiger partial charge in [0.1, 0.15) is 5.75 Å². The standard InChI is InChI=1S/C16H21NO4/c1-2-21-13-8-4-3-7-12(13)17-14(18)11-16(15(19)20)9-5-6-10-16/h3-4,7-8H,2,5-6,9-11H2,1H3,(H,17,18)(H,19,20). The summed E-state index contributed by atoms with van der Waals surface area (Å²) in [4.78, 5) is 23.7. The number of hydrogen-bond acceptors (Lipinski definition) is 3. The number of carbonyl (C=O) groups excluding carboxylic acids is 1. The molecule has 2 rings (SSSR count). The lowest BCUT2D eigenvalue weighted by molar-refractivity contribution is -0.150. The first-order chi connectivity index (χ1) is 10.1. The highest BCUT2D eigenvalue weighted by atomic mass is 16.5. The second kappa shape index (κ2) is 6.61. The number of carboxylic acid groups (broad SMARTS) is 1. The number of anilines is 1. The summed E-state index contributed by atoms with van der Waals surface area (Å²) >= 11 is 0. The number of para-hydroxylation sites is 2. The molecule has 1 aliphatic rings. The molecule has 5 heteroatoms. The van der Waals surface area contributed by atoms with Crippen LogP contribution in [0.3, 0.4) is 0 Å². The van der Waals surface area contributed by atoms with Crippen molar-refractivity contribution in [3.8, 4) is 5.75 Å². The summed E-state index contributed by atoms with van der Waals surface area (Å²) in [5.74, 6) is -0.538. The largest absolute Gasteiger partial charge is 0.492 e. The van der Waals surface area contributed by atoms with E-state index in [4.69, 9.17) is 4.74 Å². The van der Waals surface area contributed by atoms with E-state index in [0.717, 1.165) is 12.8 Å². The average Bonchev–Trinajstić information content (AvgIpc) is 2.91. The Bertz CT molecular complexity index is 521. The van der Waals surface area contributed by atoms with Crippen molar-refractivity contribution in [2.45, 2.75) is 39.0 Å². The van der Waals surface area contributed by atoms with E-state index in [0.29, 0.717) is 30.9 Å². The number of ether oxygens (including phenoxy) is 1. The highest BCUT2D eigenvalue weighted by Crippen LogP contribution is 2.41. The van der Waals surface area contributed by atoms with Crippen molar-refractivity contribution in [1.82, 2.24) is 0 Å². The van der Waals surface area contributed by atoms with Gasteiger partial charge < -0.3 is 15.2 Å². The molecule has 0 aliphatic heterocycles. The molecule has 114 valence electrons. The van der Waals surface area contributed by atoms with Gasteiger partial charge in [-0.25, -0.2) is 0 Å². The van der Waals surface area contributed by atoms with Gasteiger partial charge >= 0.3 is 5.97 Å². The summed E-state index contributed by atoms with van der Waals surface area (Å²) in [7, 11) is 0. The van der Waals surface area contributed by atoms with Gasteiger partial charge in [-0.2, -0.15) is 0 Å². The molecule has 0 aromatic heterocycles. The Balaban J connectivity index is 2.06. The number of hydrogen-bond donors (Lipinski definition) is 2. The van der Waals surface area contributed by atoms with E-state index in [1.807, 2.05) is 13.0 Å². The van der Waals surface area contributed by atoms with Crippen LogP contribution >= 0.6 is 0 Å². The van der Waals surface area contributed by atoms with Gasteiger partial charge in [-0.05, 0) is 31.9 Å². The van der Waals surface area contributed by atoms with Crippen molar-refractivity contribution in [2.24, 2.45) is 5.41 Å². The van der Waals surface area contributed by atoms with Crippen molar-refractivity contribution in [3.63, 3.8) is 0 Å². The second-order valence-corrected chi connectivity index (χ2v) is 5.45. The summed E-state index contributed by atoms with van der Waals surface area (Å²) in [6, 6.07) is 7.17. The molecular formula is C16H21NO4. The lowest BCUT2D eigenvalue weighted by atomic mass is 9.82. The Kier molecular flexibility index (Phi) is 4.83. The molecule has 1 saturated carbocycles. The zero-order valence-corrected chi connectivity index (χ0v) is 12.2. The molecule has 1 fully saturated rings. The molecule has 0 saturated heterocycles. The molecule has 0 bridgehead atoms. The molecule has 5 nitrogen and oxygen atoms in total. The fraction of sp³-hybridized carbons (Fsp3) is 0.500. The third-order valence-electron chi connectivity index (χ3n) is 3.97. The predicted molar refractivity (Wildman–Crippen MR) is 79.4 cm³/mol. The first kappa shape index (κ1) is 15.4. The molecule has 1 aromatic carbocycles. The summed E-state index contributed by atoms with van der Waals surface area (Å²) in [6.45, 7) is 2.38. The summed E-state index contributed by atoms with van der Waals surface area (Å²) in [6.07, 6.45) is 2.90. The fourth-order valence-corrected chi connectivity index (χ4v) is 2.87. The van der Waals surface area contributed by atoms with E-state index in [1.165, 1.54) is 0 Å². The van der Waals surface area contributed by atoms with Gasteiger partial charge in [-0.15, -0.1) is 0 Å². The maximum atomic E-state index is 12.2. The predicted octanol–water partition coefficient (Wildman–Crippen LogP) is 3.06. The lowest BCUT2D eigenvalue weighted by Gasteiger charge is -2.23. The maximum absolute atomic E-state index is 12.2. The molecule has 0 atom stereocenters. The Morgan fingerprint density at radius 3 is 2.57 bits per heavy atom. The average molecular weight is 291 g/mol. The third kappa shape index (κ3) is 3.54. The van der Waals surface area contributed by atoms with Crippen LogP contribution in [-0.4, -0.2) is 23.6 Å². The van der Waals surface area contributed by atoms with Crippen molar-refractivity contribution in [3.05, 3.63) is 24.3 Å². The first-order valence-electron chi connectivity index (χ1n) is 7.32. The fourth-order valence-electron chi connectivity index (χ4n) is 2.87. The Morgan fingerprint density at radius 2 is 1.95 bits per heavy atom. The van der Waals surface area contributed by atoms with Crippen LogP contribution in [0, 0.1) is 5.41 Å². The SMILES string of the molecule is CCOc1ccccc1NC(=O)CC1(C(=O)O)CCCC1. The van der Waals surface area contributed by atoms with Crippen LogP contribution in [0.5, 0.6) is 5.75 Å². The van der Waals surface area contributed by atoms with E-state index in [-0.39, 0.29) is 12.3 Å². The van der Waals surface area contributed by atoms with E-state index in [2.05, 4.69) is 5.32 Å². The molecule has 1 amide bonds. The summed E-state index contributed by atoms with van der Waals surface area (Å²) in [5.41, 5.74) is -0.312. The minimum absolute atomic E-state index is 0.0167. The normalized spacial score (nSPS) is 16.4. The van der Waals surface area contributed by atoms with Crippen LogP contribution in [0.4, 0.5) is 5.69 Å². The van der Waals surface area contributed by atoms with Crippen molar-refractivity contribution < 1.29 is 19.4 Å². The Hall–Kier alpha value is -2.04. The zero-order chi connectivity index (χ0) is 15.3. The van der Waals surface area contributed by atoms with Crippen molar-refractivity contribution >= 4 is 17.6 Å². The number of rotatable bonds is 6. The van der Waals surface area contributed by atoms with Crippen LogP contribution in [0.2, 0.25) is 0 Å². The molecule has 0 radical (unpaired) electrons. The minimum Gasteiger partial charge on any atom is -0.492 e. The zero-order valence-electron chi connectivity index (χ0n) is 12.2. The summed E-state index contributed by atoms with van der Waals surface area (Å²) in [5, 5.41) is 12.2. The number of nitrogens with one attached hydrogen (secondary N) is 1. The van der Waals surface area contributed by atoms with Gasteiger partial charge in [-0.3, -0.25) is 9.59 Å². The van der Waals surface area contributed by atoms with E-state index in [9.17, 15) is 14.7 Å². The van der Waals surface area contributed by atoms with Crippen LogP contribution in [0.15, 0.2) is 24.3 Å². The lowest BCUT2D eigenvalue weighted by Crippen LogP contribution is -2.32. The van der Waals surface area contributed by atoms with Crippen molar-refractivity contribution in [1.29, 1.82) is 0 Å². The Morgan fingerprint density at radius 1 is 1.29 bits per heavy atom. The topological polar surface area (TPSA) is 75.6 Å². The van der Waals surface area contributed by atoms with Crippen LogP contribution < -0.4 is 10.1 Å². The number of carboxylic acids is 1. The van der Waals surface area contributed by atoms with Gasteiger partial charge in [0.05, 0.1) is 17.7 Å². The Labute approximate surface area is 124 Å². The van der Waals surface area contributed by atoms with E-state index in [1.54, 1.807) is 18.2 Å². The molecule has 21 heavy (non-hydrogen) atoms. The minimum atomic E-state index is -0.898.